The van der Waals surface area contributed by atoms with Crippen LogP contribution in [0.5, 0.6) is 0 Å². The lowest BCUT2D eigenvalue weighted by Gasteiger charge is -2.31. The molecule has 1 rings (SSSR count). The van der Waals surface area contributed by atoms with Gasteiger partial charge in [-0.2, -0.15) is 0 Å². The van der Waals surface area contributed by atoms with Gasteiger partial charge in [-0.1, -0.05) is 39.5 Å². The van der Waals surface area contributed by atoms with E-state index in [4.69, 9.17) is 9.47 Å². The monoisotopic (exact) mass is 301 g/mol. The van der Waals surface area contributed by atoms with Crippen LogP contribution in [0.3, 0.4) is 0 Å². The predicted octanol–water partition coefficient (Wildman–Crippen LogP) is 2.74. The summed E-state index contributed by atoms with van der Waals surface area (Å²) in [7, 11) is 1.72. The van der Waals surface area contributed by atoms with Crippen LogP contribution in [0.15, 0.2) is 0 Å². The number of hydrogen-bond acceptors (Lipinski definition) is 4. The van der Waals surface area contributed by atoms with Gasteiger partial charge >= 0.3 is 0 Å². The van der Waals surface area contributed by atoms with Crippen molar-refractivity contribution in [2.75, 3.05) is 26.9 Å². The van der Waals surface area contributed by atoms with Crippen molar-refractivity contribution < 1.29 is 14.6 Å². The zero-order valence-corrected chi connectivity index (χ0v) is 14.1. The first-order chi connectivity index (χ1) is 10.2. The molecule has 0 radical (unpaired) electrons. The van der Waals surface area contributed by atoms with Crippen LogP contribution in [0.2, 0.25) is 0 Å². The van der Waals surface area contributed by atoms with Crippen LogP contribution in [0.25, 0.3) is 0 Å². The number of rotatable bonds is 11. The summed E-state index contributed by atoms with van der Waals surface area (Å²) in [6, 6.07) is 0.327. The minimum atomic E-state index is -0.430. The summed E-state index contributed by atoms with van der Waals surface area (Å²) < 4.78 is 11.2. The van der Waals surface area contributed by atoms with Gasteiger partial charge in [0.05, 0.1) is 25.4 Å². The van der Waals surface area contributed by atoms with Gasteiger partial charge in [0.25, 0.3) is 0 Å². The molecule has 1 saturated carbocycles. The normalized spacial score (nSPS) is 25.7. The molecule has 1 aliphatic carbocycles. The van der Waals surface area contributed by atoms with Crippen LogP contribution < -0.4 is 5.32 Å². The quantitative estimate of drug-likeness (QED) is 0.616. The van der Waals surface area contributed by atoms with E-state index in [0.717, 1.165) is 19.3 Å². The Kier molecular flexibility index (Phi) is 10.3. The maximum absolute atomic E-state index is 10.1. The second kappa shape index (κ2) is 11.4. The molecular weight excluding hydrogens is 266 g/mol. The first-order valence-corrected chi connectivity index (χ1v) is 8.73. The van der Waals surface area contributed by atoms with Crippen molar-refractivity contribution in [1.29, 1.82) is 0 Å². The summed E-state index contributed by atoms with van der Waals surface area (Å²) in [4.78, 5) is 0. The Labute approximate surface area is 130 Å². The topological polar surface area (TPSA) is 50.7 Å². The second-order valence-corrected chi connectivity index (χ2v) is 6.33. The largest absolute Gasteiger partial charge is 0.389 e. The van der Waals surface area contributed by atoms with Gasteiger partial charge in [-0.15, -0.1) is 0 Å². The smallest absolute Gasteiger partial charge is 0.0897 e. The SMILES string of the molecule is CCCC(COC)NCC(O)COC1CCCCC1CC. The molecule has 126 valence electrons. The van der Waals surface area contributed by atoms with Gasteiger partial charge in [-0.25, -0.2) is 0 Å². The number of aliphatic hydroxyl groups is 1. The summed E-state index contributed by atoms with van der Waals surface area (Å²) >= 11 is 0. The van der Waals surface area contributed by atoms with Gasteiger partial charge in [0.15, 0.2) is 0 Å². The molecule has 0 aromatic rings. The van der Waals surface area contributed by atoms with Gasteiger partial charge in [-0.3, -0.25) is 0 Å². The Morgan fingerprint density at radius 1 is 1.19 bits per heavy atom. The molecule has 4 atom stereocenters. The molecule has 0 bridgehead atoms. The van der Waals surface area contributed by atoms with Gasteiger partial charge in [0.2, 0.25) is 0 Å². The van der Waals surface area contributed by atoms with Crippen molar-refractivity contribution in [3.05, 3.63) is 0 Å². The first-order valence-electron chi connectivity index (χ1n) is 8.73. The molecule has 0 aromatic heterocycles. The van der Waals surface area contributed by atoms with E-state index in [-0.39, 0.29) is 0 Å². The zero-order chi connectivity index (χ0) is 15.5. The highest BCUT2D eigenvalue weighted by Gasteiger charge is 2.24. The van der Waals surface area contributed by atoms with E-state index in [2.05, 4.69) is 19.2 Å². The Balaban J connectivity index is 2.21. The van der Waals surface area contributed by atoms with Crippen LogP contribution in [0, 0.1) is 5.92 Å². The summed E-state index contributed by atoms with van der Waals surface area (Å²) in [6.07, 6.45) is 8.33. The highest BCUT2D eigenvalue weighted by atomic mass is 16.5. The van der Waals surface area contributed by atoms with Gasteiger partial charge < -0.3 is 19.9 Å². The number of aliphatic hydroxyl groups excluding tert-OH is 1. The standard InChI is InChI=1S/C17H35NO3/c1-4-8-15(12-20-3)18-11-16(19)13-21-17-10-7-6-9-14(17)5-2/h14-19H,4-13H2,1-3H3. The number of methoxy groups -OCH3 is 1. The number of hydrogen-bond donors (Lipinski definition) is 2. The summed E-state index contributed by atoms with van der Waals surface area (Å²) in [5, 5.41) is 13.5. The molecule has 0 heterocycles. The highest BCUT2D eigenvalue weighted by molar-refractivity contribution is 4.76. The first kappa shape index (κ1) is 18.9. The van der Waals surface area contributed by atoms with Crippen molar-refractivity contribution in [2.24, 2.45) is 5.92 Å². The van der Waals surface area contributed by atoms with E-state index in [1.165, 1.54) is 25.7 Å². The average molecular weight is 301 g/mol. The third kappa shape index (κ3) is 7.59. The number of nitrogens with one attached hydrogen (secondary N) is 1. The van der Waals surface area contributed by atoms with Gasteiger partial charge in [-0.05, 0) is 25.2 Å². The van der Waals surface area contributed by atoms with Gasteiger partial charge in [0, 0.05) is 19.7 Å². The Bertz CT molecular complexity index is 244. The van der Waals surface area contributed by atoms with Crippen molar-refractivity contribution >= 4 is 0 Å². The molecule has 0 saturated heterocycles. The van der Waals surface area contributed by atoms with Crippen LogP contribution in [-0.2, 0) is 9.47 Å². The molecular formula is C17H35NO3. The maximum Gasteiger partial charge on any atom is 0.0897 e. The predicted molar refractivity (Wildman–Crippen MR) is 86.6 cm³/mol. The maximum atomic E-state index is 10.1. The molecule has 1 aliphatic rings. The Morgan fingerprint density at radius 2 is 1.95 bits per heavy atom. The molecule has 0 aromatic carbocycles. The second-order valence-electron chi connectivity index (χ2n) is 6.33. The molecule has 21 heavy (non-hydrogen) atoms. The number of ether oxygens (including phenoxy) is 2. The lowest BCUT2D eigenvalue weighted by molar-refractivity contribution is -0.0507. The van der Waals surface area contributed by atoms with E-state index >= 15 is 0 Å². The molecule has 0 amide bonds. The van der Waals surface area contributed by atoms with Crippen LogP contribution >= 0.6 is 0 Å². The van der Waals surface area contributed by atoms with E-state index < -0.39 is 6.10 Å². The summed E-state index contributed by atoms with van der Waals surface area (Å²) in [6.45, 7) is 6.13. The lowest BCUT2D eigenvalue weighted by atomic mass is 9.85. The Hall–Kier alpha value is -0.160. The zero-order valence-electron chi connectivity index (χ0n) is 14.1. The summed E-state index contributed by atoms with van der Waals surface area (Å²) in [5.74, 6) is 0.681. The molecule has 4 nitrogen and oxygen atoms in total. The third-order valence-corrected chi connectivity index (χ3v) is 4.51. The Morgan fingerprint density at radius 3 is 2.62 bits per heavy atom. The molecule has 0 aliphatic heterocycles. The van der Waals surface area contributed by atoms with E-state index in [9.17, 15) is 5.11 Å². The fourth-order valence-corrected chi connectivity index (χ4v) is 3.25. The molecule has 4 unspecified atom stereocenters. The lowest BCUT2D eigenvalue weighted by Crippen LogP contribution is -2.41. The summed E-state index contributed by atoms with van der Waals surface area (Å²) in [5.41, 5.74) is 0. The highest BCUT2D eigenvalue weighted by Crippen LogP contribution is 2.29. The van der Waals surface area contributed by atoms with E-state index in [1.807, 2.05) is 0 Å². The fourth-order valence-electron chi connectivity index (χ4n) is 3.25. The van der Waals surface area contributed by atoms with Crippen LogP contribution in [-0.4, -0.2) is 50.2 Å². The third-order valence-electron chi connectivity index (χ3n) is 4.51. The fraction of sp³-hybridized carbons (Fsp3) is 1.00. The minimum absolute atomic E-state index is 0.327. The van der Waals surface area contributed by atoms with Crippen LogP contribution in [0.1, 0.15) is 58.8 Å². The van der Waals surface area contributed by atoms with Crippen molar-refractivity contribution in [3.8, 4) is 0 Å². The van der Waals surface area contributed by atoms with Crippen molar-refractivity contribution in [2.45, 2.75) is 77.0 Å². The average Bonchev–Trinajstić information content (AvgIpc) is 2.51. The molecule has 1 fully saturated rings. The minimum Gasteiger partial charge on any atom is -0.389 e. The molecule has 2 N–H and O–H groups in total. The van der Waals surface area contributed by atoms with Gasteiger partial charge in [0.1, 0.15) is 0 Å². The molecule has 0 spiro atoms. The van der Waals surface area contributed by atoms with E-state index in [0.29, 0.717) is 37.8 Å². The molecule has 4 heteroatoms. The van der Waals surface area contributed by atoms with Crippen molar-refractivity contribution in [3.63, 3.8) is 0 Å². The van der Waals surface area contributed by atoms with E-state index in [1.54, 1.807) is 7.11 Å². The van der Waals surface area contributed by atoms with Crippen LogP contribution in [0.4, 0.5) is 0 Å². The van der Waals surface area contributed by atoms with Crippen molar-refractivity contribution in [1.82, 2.24) is 5.32 Å².